The fraction of sp³-hybridized carbons (Fsp3) is 0.391. The Balaban J connectivity index is 1.53. The van der Waals surface area contributed by atoms with Gasteiger partial charge in [0.05, 0.1) is 6.54 Å². The second kappa shape index (κ2) is 9.65. The van der Waals surface area contributed by atoms with E-state index < -0.39 is 5.82 Å². The maximum atomic E-state index is 13.4. The second-order valence-corrected chi connectivity index (χ2v) is 7.61. The van der Waals surface area contributed by atoms with Crippen LogP contribution in [0.2, 0.25) is 0 Å². The van der Waals surface area contributed by atoms with Crippen LogP contribution in [-0.2, 0) is 11.3 Å². The van der Waals surface area contributed by atoms with E-state index in [2.05, 4.69) is 4.90 Å². The molecule has 0 aliphatic carbocycles. The quantitative estimate of drug-likeness (QED) is 0.779. The first-order chi connectivity index (χ1) is 13.9. The molecule has 0 aromatic heterocycles. The van der Waals surface area contributed by atoms with Crippen LogP contribution < -0.4 is 0 Å². The Labute approximate surface area is 171 Å². The summed E-state index contributed by atoms with van der Waals surface area (Å²) in [6.07, 6.45) is 0.788. The Bertz CT molecular complexity index is 871. The van der Waals surface area contributed by atoms with Gasteiger partial charge in [0.1, 0.15) is 5.82 Å². The smallest absolute Gasteiger partial charge is 0.254 e. The lowest BCUT2D eigenvalue weighted by atomic mass is 10.1. The van der Waals surface area contributed by atoms with E-state index in [1.54, 1.807) is 21.9 Å². The lowest BCUT2D eigenvalue weighted by molar-refractivity contribution is -0.131. The van der Waals surface area contributed by atoms with Gasteiger partial charge in [-0.15, -0.1) is 0 Å². The predicted octanol–water partition coefficient (Wildman–Crippen LogP) is 2.94. The molecule has 6 heteroatoms. The fourth-order valence-corrected chi connectivity index (χ4v) is 3.58. The van der Waals surface area contributed by atoms with E-state index in [0.29, 0.717) is 38.3 Å². The monoisotopic (exact) mass is 397 g/mol. The molecular formula is C23H28FN3O2. The predicted molar refractivity (Wildman–Crippen MR) is 111 cm³/mol. The first-order valence-electron chi connectivity index (χ1n) is 9.99. The van der Waals surface area contributed by atoms with Crippen LogP contribution in [0.4, 0.5) is 4.39 Å². The van der Waals surface area contributed by atoms with Crippen molar-refractivity contribution in [1.82, 2.24) is 14.7 Å². The highest BCUT2D eigenvalue weighted by molar-refractivity contribution is 5.94. The van der Waals surface area contributed by atoms with E-state index in [9.17, 15) is 14.0 Å². The standard InChI is InChI=1S/C23H28FN3O2/c1-18-7-3-4-8-20(18)16-25(2)22(28)17-26-11-6-12-27(14-13-26)23(29)19-9-5-10-21(24)15-19/h3-5,7-10,15H,6,11-14,16-17H2,1-2H3. The summed E-state index contributed by atoms with van der Waals surface area (Å²) in [6.45, 7) is 5.51. The first kappa shape index (κ1) is 21.0. The number of likely N-dealkylation sites (N-methyl/N-ethyl adjacent to an activating group) is 1. The van der Waals surface area contributed by atoms with Gasteiger partial charge in [-0.05, 0) is 42.7 Å². The molecule has 1 fully saturated rings. The van der Waals surface area contributed by atoms with Gasteiger partial charge in [-0.25, -0.2) is 4.39 Å². The van der Waals surface area contributed by atoms with Gasteiger partial charge >= 0.3 is 0 Å². The molecule has 0 unspecified atom stereocenters. The van der Waals surface area contributed by atoms with Crippen molar-refractivity contribution in [3.63, 3.8) is 0 Å². The molecule has 0 atom stereocenters. The minimum atomic E-state index is -0.408. The Hall–Kier alpha value is -2.73. The Kier molecular flexibility index (Phi) is 6.99. The van der Waals surface area contributed by atoms with Gasteiger partial charge in [-0.2, -0.15) is 0 Å². The molecule has 1 heterocycles. The van der Waals surface area contributed by atoms with Gasteiger partial charge in [0.25, 0.3) is 5.91 Å². The van der Waals surface area contributed by atoms with E-state index in [1.165, 1.54) is 17.7 Å². The van der Waals surface area contributed by atoms with Gasteiger partial charge in [-0.1, -0.05) is 30.3 Å². The lowest BCUT2D eigenvalue weighted by Gasteiger charge is -2.24. The van der Waals surface area contributed by atoms with Crippen molar-refractivity contribution >= 4 is 11.8 Å². The van der Waals surface area contributed by atoms with Crippen molar-refractivity contribution in [1.29, 1.82) is 0 Å². The zero-order chi connectivity index (χ0) is 20.8. The molecular weight excluding hydrogens is 369 g/mol. The third kappa shape index (κ3) is 5.64. The molecule has 0 radical (unpaired) electrons. The maximum Gasteiger partial charge on any atom is 0.254 e. The summed E-state index contributed by atoms with van der Waals surface area (Å²) in [5.41, 5.74) is 2.69. The second-order valence-electron chi connectivity index (χ2n) is 7.61. The molecule has 5 nitrogen and oxygen atoms in total. The summed E-state index contributed by atoms with van der Waals surface area (Å²) in [5, 5.41) is 0. The summed E-state index contributed by atoms with van der Waals surface area (Å²) in [7, 11) is 1.83. The van der Waals surface area contributed by atoms with Crippen molar-refractivity contribution < 1.29 is 14.0 Å². The molecule has 1 aliphatic rings. The normalized spacial score (nSPS) is 15.1. The molecule has 0 N–H and O–H groups in total. The third-order valence-electron chi connectivity index (χ3n) is 5.40. The SMILES string of the molecule is Cc1ccccc1CN(C)C(=O)CN1CCCN(C(=O)c2cccc(F)c2)CC1. The van der Waals surface area contributed by atoms with Crippen LogP contribution in [0.15, 0.2) is 48.5 Å². The number of hydrogen-bond acceptors (Lipinski definition) is 3. The molecule has 0 bridgehead atoms. The lowest BCUT2D eigenvalue weighted by Crippen LogP contribution is -2.40. The molecule has 1 aliphatic heterocycles. The van der Waals surface area contributed by atoms with E-state index >= 15 is 0 Å². The summed E-state index contributed by atoms with van der Waals surface area (Å²) < 4.78 is 13.4. The Morgan fingerprint density at radius 2 is 1.83 bits per heavy atom. The minimum absolute atomic E-state index is 0.0677. The van der Waals surface area contributed by atoms with Crippen LogP contribution >= 0.6 is 0 Å². The van der Waals surface area contributed by atoms with Crippen LogP contribution in [0.1, 0.15) is 27.9 Å². The molecule has 0 saturated carbocycles. The van der Waals surface area contributed by atoms with Crippen molar-refractivity contribution in [3.05, 3.63) is 71.0 Å². The van der Waals surface area contributed by atoms with Gasteiger partial charge in [0.15, 0.2) is 0 Å². The third-order valence-corrected chi connectivity index (χ3v) is 5.40. The average Bonchev–Trinajstić information content (AvgIpc) is 2.94. The maximum absolute atomic E-state index is 13.4. The molecule has 2 aromatic rings. The van der Waals surface area contributed by atoms with Crippen LogP contribution in [0.25, 0.3) is 0 Å². The number of rotatable bonds is 5. The van der Waals surface area contributed by atoms with Gasteiger partial charge in [-0.3, -0.25) is 14.5 Å². The number of amides is 2. The van der Waals surface area contributed by atoms with Crippen molar-refractivity contribution in [2.75, 3.05) is 39.8 Å². The van der Waals surface area contributed by atoms with Crippen LogP contribution in [0.5, 0.6) is 0 Å². The van der Waals surface area contributed by atoms with E-state index in [1.807, 2.05) is 38.2 Å². The summed E-state index contributed by atoms with van der Waals surface area (Å²) in [4.78, 5) is 30.9. The molecule has 2 aromatic carbocycles. The molecule has 29 heavy (non-hydrogen) atoms. The van der Waals surface area contributed by atoms with Crippen LogP contribution in [-0.4, -0.2) is 66.3 Å². The number of benzene rings is 2. The number of carbonyl (C=O) groups is 2. The first-order valence-corrected chi connectivity index (χ1v) is 9.99. The number of nitrogens with zero attached hydrogens (tertiary/aromatic N) is 3. The van der Waals surface area contributed by atoms with Gasteiger partial charge in [0, 0.05) is 45.3 Å². The summed E-state index contributed by atoms with van der Waals surface area (Å²) in [5.74, 6) is -0.498. The largest absolute Gasteiger partial charge is 0.340 e. The highest BCUT2D eigenvalue weighted by Crippen LogP contribution is 2.12. The highest BCUT2D eigenvalue weighted by Gasteiger charge is 2.22. The number of halogens is 1. The van der Waals surface area contributed by atoms with Crippen molar-refractivity contribution in [2.24, 2.45) is 0 Å². The molecule has 154 valence electrons. The number of aryl methyl sites for hydroxylation is 1. The zero-order valence-corrected chi connectivity index (χ0v) is 17.1. The highest BCUT2D eigenvalue weighted by atomic mass is 19.1. The van der Waals surface area contributed by atoms with Gasteiger partial charge < -0.3 is 9.80 Å². The summed E-state index contributed by atoms with van der Waals surface area (Å²) >= 11 is 0. The van der Waals surface area contributed by atoms with Crippen molar-refractivity contribution in [2.45, 2.75) is 19.9 Å². The molecule has 2 amide bonds. The molecule has 3 rings (SSSR count). The minimum Gasteiger partial charge on any atom is -0.340 e. The average molecular weight is 397 g/mol. The van der Waals surface area contributed by atoms with Crippen LogP contribution in [0, 0.1) is 12.7 Å². The van der Waals surface area contributed by atoms with Crippen molar-refractivity contribution in [3.8, 4) is 0 Å². The molecule has 1 saturated heterocycles. The zero-order valence-electron chi connectivity index (χ0n) is 17.1. The molecule has 0 spiro atoms. The summed E-state index contributed by atoms with van der Waals surface area (Å²) in [6, 6.07) is 13.9. The fourth-order valence-electron chi connectivity index (χ4n) is 3.58. The Morgan fingerprint density at radius 1 is 1.03 bits per heavy atom. The van der Waals surface area contributed by atoms with E-state index in [0.717, 1.165) is 18.5 Å². The van der Waals surface area contributed by atoms with E-state index in [-0.39, 0.29) is 11.8 Å². The van der Waals surface area contributed by atoms with Crippen LogP contribution in [0.3, 0.4) is 0 Å². The number of carbonyl (C=O) groups excluding carboxylic acids is 2. The topological polar surface area (TPSA) is 43.9 Å². The van der Waals surface area contributed by atoms with E-state index in [4.69, 9.17) is 0 Å². The Morgan fingerprint density at radius 3 is 2.59 bits per heavy atom. The number of hydrogen-bond donors (Lipinski definition) is 0. The van der Waals surface area contributed by atoms with Gasteiger partial charge in [0.2, 0.25) is 5.91 Å².